The summed E-state index contributed by atoms with van der Waals surface area (Å²) in [6, 6.07) is 1.42. The zero-order valence-electron chi connectivity index (χ0n) is 11.3. The number of aliphatic carboxylic acids is 1. The summed E-state index contributed by atoms with van der Waals surface area (Å²) in [7, 11) is -3.71. The Labute approximate surface area is 112 Å². The van der Waals surface area contributed by atoms with Crippen molar-refractivity contribution in [2.24, 2.45) is 0 Å². The van der Waals surface area contributed by atoms with E-state index in [1.165, 1.54) is 16.9 Å². The summed E-state index contributed by atoms with van der Waals surface area (Å²) in [6.07, 6.45) is 1.53. The third-order valence-electron chi connectivity index (χ3n) is 2.63. The zero-order valence-corrected chi connectivity index (χ0v) is 12.1. The molecule has 1 aromatic heterocycles. The van der Waals surface area contributed by atoms with Gasteiger partial charge in [0.25, 0.3) is 10.0 Å². The Hall–Kier alpha value is -1.41. The van der Waals surface area contributed by atoms with Crippen LogP contribution in [0.1, 0.15) is 33.6 Å². The van der Waals surface area contributed by atoms with Gasteiger partial charge in [-0.1, -0.05) is 0 Å². The van der Waals surface area contributed by atoms with Crippen molar-refractivity contribution in [3.05, 3.63) is 12.3 Å². The van der Waals surface area contributed by atoms with Crippen LogP contribution in [-0.2, 0) is 21.4 Å². The third-order valence-corrected chi connectivity index (χ3v) is 4.35. The minimum Gasteiger partial charge on any atom is -0.481 e. The van der Waals surface area contributed by atoms with Crippen LogP contribution < -0.4 is 4.72 Å². The van der Waals surface area contributed by atoms with Crippen molar-refractivity contribution in [3.8, 4) is 0 Å². The molecule has 0 unspecified atom stereocenters. The maximum atomic E-state index is 12.2. The Bertz CT molecular complexity index is 548. The molecule has 1 heterocycles. The number of nitrogens with one attached hydrogen (secondary N) is 1. The van der Waals surface area contributed by atoms with Crippen molar-refractivity contribution >= 4 is 16.0 Å². The summed E-state index contributed by atoms with van der Waals surface area (Å²) >= 11 is 0. The second kappa shape index (κ2) is 5.70. The molecule has 0 atom stereocenters. The number of hydrogen-bond donors (Lipinski definition) is 2. The molecule has 0 aliphatic rings. The highest BCUT2D eigenvalue weighted by Crippen LogP contribution is 2.17. The van der Waals surface area contributed by atoms with Crippen molar-refractivity contribution < 1.29 is 18.3 Å². The molecule has 0 radical (unpaired) electrons. The summed E-state index contributed by atoms with van der Waals surface area (Å²) in [4.78, 5) is 10.5. The molecule has 0 aliphatic carbocycles. The van der Waals surface area contributed by atoms with Gasteiger partial charge in [-0.2, -0.15) is 5.10 Å². The summed E-state index contributed by atoms with van der Waals surface area (Å²) in [5, 5.41) is 12.6. The van der Waals surface area contributed by atoms with Crippen LogP contribution in [0.2, 0.25) is 0 Å². The van der Waals surface area contributed by atoms with E-state index in [4.69, 9.17) is 5.11 Å². The van der Waals surface area contributed by atoms with Crippen LogP contribution >= 0.6 is 0 Å². The lowest BCUT2D eigenvalue weighted by molar-refractivity contribution is -0.137. The van der Waals surface area contributed by atoms with Crippen molar-refractivity contribution in [2.45, 2.75) is 50.7 Å². The van der Waals surface area contributed by atoms with Gasteiger partial charge in [0, 0.05) is 18.5 Å². The lowest BCUT2D eigenvalue weighted by atomic mass is 10.0. The monoisotopic (exact) mass is 289 g/mol. The molecule has 0 saturated heterocycles. The largest absolute Gasteiger partial charge is 0.481 e. The molecule has 2 N–H and O–H groups in total. The highest BCUT2D eigenvalue weighted by molar-refractivity contribution is 7.89. The predicted octanol–water partition coefficient (Wildman–Crippen LogP) is 0.825. The lowest BCUT2D eigenvalue weighted by Crippen LogP contribution is -2.44. The Morgan fingerprint density at radius 2 is 2.16 bits per heavy atom. The molecule has 0 spiro atoms. The number of aromatic nitrogens is 2. The molecule has 1 rings (SSSR count). The van der Waals surface area contributed by atoms with Crippen LogP contribution in [0.15, 0.2) is 17.3 Å². The number of carboxylic acid groups (broad SMARTS) is 1. The van der Waals surface area contributed by atoms with Crippen molar-refractivity contribution in [3.63, 3.8) is 0 Å². The summed E-state index contributed by atoms with van der Waals surface area (Å²) in [6.45, 7) is 5.54. The molecule has 0 aromatic carbocycles. The fraction of sp³-hybridized carbons (Fsp3) is 0.636. The van der Waals surface area contributed by atoms with Gasteiger partial charge in [-0.3, -0.25) is 9.48 Å². The number of sulfonamides is 1. The molecule has 0 saturated carbocycles. The second-order valence-electron chi connectivity index (χ2n) is 4.87. The van der Waals surface area contributed by atoms with Gasteiger partial charge in [-0.25, -0.2) is 13.1 Å². The fourth-order valence-corrected chi connectivity index (χ4v) is 3.30. The molecular weight excluding hydrogens is 270 g/mol. The highest BCUT2D eigenvalue weighted by Gasteiger charge is 2.28. The number of carboxylic acids is 1. The Morgan fingerprint density at radius 3 is 2.68 bits per heavy atom. The number of rotatable bonds is 7. The normalized spacial score (nSPS) is 12.6. The number of carbonyl (C=O) groups is 1. The van der Waals surface area contributed by atoms with Gasteiger partial charge in [0.2, 0.25) is 0 Å². The van der Waals surface area contributed by atoms with Crippen LogP contribution in [0.3, 0.4) is 0 Å². The van der Waals surface area contributed by atoms with E-state index in [0.717, 1.165) is 0 Å². The summed E-state index contributed by atoms with van der Waals surface area (Å²) in [5.41, 5.74) is -0.833. The van der Waals surface area contributed by atoms with E-state index in [1.807, 2.05) is 0 Å². The second-order valence-corrected chi connectivity index (χ2v) is 6.50. The van der Waals surface area contributed by atoms with Gasteiger partial charge >= 0.3 is 5.97 Å². The summed E-state index contributed by atoms with van der Waals surface area (Å²) in [5.74, 6) is -0.953. The predicted molar refractivity (Wildman–Crippen MR) is 69.2 cm³/mol. The van der Waals surface area contributed by atoms with E-state index in [9.17, 15) is 13.2 Å². The Kier molecular flexibility index (Phi) is 4.70. The van der Waals surface area contributed by atoms with Crippen LogP contribution in [0.5, 0.6) is 0 Å². The van der Waals surface area contributed by atoms with E-state index in [0.29, 0.717) is 6.54 Å². The smallest absolute Gasteiger partial charge is 0.303 e. The SMILES string of the molecule is CCn1nccc1S(=O)(=O)NC(C)(C)CCC(=O)O. The maximum Gasteiger partial charge on any atom is 0.303 e. The van der Waals surface area contributed by atoms with E-state index >= 15 is 0 Å². The molecule has 1 aromatic rings. The first kappa shape index (κ1) is 15.6. The molecule has 0 fully saturated rings. The van der Waals surface area contributed by atoms with Crippen LogP contribution in [0, 0.1) is 0 Å². The summed E-state index contributed by atoms with van der Waals surface area (Å²) < 4.78 is 28.3. The van der Waals surface area contributed by atoms with Gasteiger partial charge in [-0.05, 0) is 33.3 Å². The van der Waals surface area contributed by atoms with E-state index in [-0.39, 0.29) is 17.9 Å². The third kappa shape index (κ3) is 4.32. The molecule has 7 nitrogen and oxygen atoms in total. The van der Waals surface area contributed by atoms with Crippen molar-refractivity contribution in [2.75, 3.05) is 0 Å². The number of hydrogen-bond acceptors (Lipinski definition) is 4. The fourth-order valence-electron chi connectivity index (χ4n) is 1.67. The zero-order chi connectivity index (χ0) is 14.7. The molecule has 108 valence electrons. The van der Waals surface area contributed by atoms with E-state index in [2.05, 4.69) is 9.82 Å². The number of nitrogens with zero attached hydrogens (tertiary/aromatic N) is 2. The van der Waals surface area contributed by atoms with Gasteiger partial charge < -0.3 is 5.11 Å². The molecule has 19 heavy (non-hydrogen) atoms. The van der Waals surface area contributed by atoms with Gasteiger partial charge in [0.1, 0.15) is 0 Å². The highest BCUT2D eigenvalue weighted by atomic mass is 32.2. The molecule has 0 aliphatic heterocycles. The maximum absolute atomic E-state index is 12.2. The number of aryl methyl sites for hydroxylation is 1. The molecule has 0 bridgehead atoms. The van der Waals surface area contributed by atoms with Gasteiger partial charge in [-0.15, -0.1) is 0 Å². The quantitative estimate of drug-likeness (QED) is 0.774. The van der Waals surface area contributed by atoms with Gasteiger partial charge in [0.05, 0.1) is 6.20 Å². The van der Waals surface area contributed by atoms with E-state index < -0.39 is 21.5 Å². The first-order valence-electron chi connectivity index (χ1n) is 5.95. The topological polar surface area (TPSA) is 101 Å². The molecule has 8 heteroatoms. The van der Waals surface area contributed by atoms with Crippen LogP contribution in [0.25, 0.3) is 0 Å². The molecular formula is C11H19N3O4S. The first-order valence-corrected chi connectivity index (χ1v) is 7.44. The van der Waals surface area contributed by atoms with Crippen molar-refractivity contribution in [1.82, 2.24) is 14.5 Å². The first-order chi connectivity index (χ1) is 8.68. The minimum absolute atomic E-state index is 0.0819. The lowest BCUT2D eigenvalue weighted by Gasteiger charge is -2.25. The van der Waals surface area contributed by atoms with E-state index in [1.54, 1.807) is 20.8 Å². The van der Waals surface area contributed by atoms with Crippen molar-refractivity contribution in [1.29, 1.82) is 0 Å². The van der Waals surface area contributed by atoms with Crippen LogP contribution in [-0.4, -0.2) is 34.8 Å². The minimum atomic E-state index is -3.71. The Balaban J connectivity index is 2.88. The Morgan fingerprint density at radius 1 is 1.53 bits per heavy atom. The van der Waals surface area contributed by atoms with Crippen LogP contribution in [0.4, 0.5) is 0 Å². The standard InChI is InChI=1S/C11H19N3O4S/c1-4-14-9(6-8-12-14)19(17,18)13-11(2,3)7-5-10(15)16/h6,8,13H,4-5,7H2,1-3H3,(H,15,16). The average molecular weight is 289 g/mol. The average Bonchev–Trinajstić information content (AvgIpc) is 2.74. The molecule has 0 amide bonds. The van der Waals surface area contributed by atoms with Gasteiger partial charge in [0.15, 0.2) is 5.03 Å².